The summed E-state index contributed by atoms with van der Waals surface area (Å²) >= 11 is 0. The first-order valence-electron chi connectivity index (χ1n) is 6.10. The van der Waals surface area contributed by atoms with Gasteiger partial charge >= 0.3 is 0 Å². The van der Waals surface area contributed by atoms with Crippen LogP contribution < -0.4 is 0 Å². The van der Waals surface area contributed by atoms with Crippen molar-refractivity contribution < 1.29 is 0 Å². The molecule has 0 amide bonds. The van der Waals surface area contributed by atoms with Crippen LogP contribution in [0, 0.1) is 6.92 Å². The van der Waals surface area contributed by atoms with Gasteiger partial charge in [-0.15, -0.1) is 0 Å². The van der Waals surface area contributed by atoms with Crippen LogP contribution in [-0.4, -0.2) is 9.55 Å². The summed E-state index contributed by atoms with van der Waals surface area (Å²) in [5, 5.41) is 0. The highest BCUT2D eigenvalue weighted by molar-refractivity contribution is 5.37. The van der Waals surface area contributed by atoms with E-state index in [1.807, 2.05) is 51.5 Å². The smallest absolute Gasteiger partial charge is 0.109 e. The Balaban J connectivity index is 0. The quantitative estimate of drug-likeness (QED) is 0.679. The fourth-order valence-corrected chi connectivity index (χ4v) is 0.991. The summed E-state index contributed by atoms with van der Waals surface area (Å²) in [6.45, 7) is 15.8. The molecule has 2 nitrogen and oxygen atoms in total. The molecule has 0 radical (unpaired) electrons. The summed E-state index contributed by atoms with van der Waals surface area (Å²) in [6.07, 6.45) is 8.66. The van der Waals surface area contributed by atoms with Crippen molar-refractivity contribution in [2.75, 3.05) is 0 Å². The molecule has 0 aliphatic carbocycles. The minimum atomic E-state index is 1.00. The third kappa shape index (κ3) is 6.23. The Morgan fingerprint density at radius 1 is 1.38 bits per heavy atom. The van der Waals surface area contributed by atoms with E-state index < -0.39 is 0 Å². The molecule has 1 aromatic rings. The van der Waals surface area contributed by atoms with E-state index in [0.717, 1.165) is 12.2 Å². The van der Waals surface area contributed by atoms with Gasteiger partial charge in [-0.25, -0.2) is 4.98 Å². The maximum absolute atomic E-state index is 4.12. The second kappa shape index (κ2) is 11.8. The third-order valence-corrected chi connectivity index (χ3v) is 1.84. The minimum Gasteiger partial charge on any atom is -0.311 e. The molecule has 1 heterocycles. The van der Waals surface area contributed by atoms with Crippen LogP contribution in [0.15, 0.2) is 30.6 Å². The first-order chi connectivity index (χ1) is 7.77. The summed E-state index contributed by atoms with van der Waals surface area (Å²) in [5.41, 5.74) is 1.22. The molecular formula is C14H26N2. The second-order valence-corrected chi connectivity index (χ2v) is 2.64. The lowest BCUT2D eigenvalue weighted by Crippen LogP contribution is -1.89. The molecule has 1 rings (SSSR count). The number of nitrogens with zero attached hydrogens (tertiary/aromatic N) is 2. The molecule has 2 heteroatoms. The van der Waals surface area contributed by atoms with Crippen LogP contribution >= 0.6 is 0 Å². The molecule has 16 heavy (non-hydrogen) atoms. The van der Waals surface area contributed by atoms with Crippen molar-refractivity contribution in [1.82, 2.24) is 9.55 Å². The highest BCUT2D eigenvalue weighted by Gasteiger charge is 1.92. The Morgan fingerprint density at radius 2 is 1.94 bits per heavy atom. The van der Waals surface area contributed by atoms with Crippen LogP contribution in [0.2, 0.25) is 0 Å². The molecule has 0 N–H and O–H groups in total. The summed E-state index contributed by atoms with van der Waals surface area (Å²) in [4.78, 5) is 4.12. The van der Waals surface area contributed by atoms with Gasteiger partial charge in [0, 0.05) is 18.6 Å². The van der Waals surface area contributed by atoms with Gasteiger partial charge in [0.1, 0.15) is 5.82 Å². The van der Waals surface area contributed by atoms with Crippen molar-refractivity contribution in [3.8, 4) is 0 Å². The minimum absolute atomic E-state index is 1.00. The third-order valence-electron chi connectivity index (χ3n) is 1.84. The van der Waals surface area contributed by atoms with Gasteiger partial charge in [0.2, 0.25) is 0 Å². The van der Waals surface area contributed by atoms with Gasteiger partial charge in [-0.2, -0.15) is 0 Å². The lowest BCUT2D eigenvalue weighted by atomic mass is 10.2. The van der Waals surface area contributed by atoms with Crippen LogP contribution in [0.3, 0.4) is 0 Å². The van der Waals surface area contributed by atoms with Crippen molar-refractivity contribution >= 4 is 6.20 Å². The maximum Gasteiger partial charge on any atom is 0.109 e. The molecule has 0 saturated heterocycles. The van der Waals surface area contributed by atoms with Gasteiger partial charge in [0.05, 0.1) is 0 Å². The van der Waals surface area contributed by atoms with E-state index in [2.05, 4.69) is 24.7 Å². The lowest BCUT2D eigenvalue weighted by Gasteiger charge is -1.99. The van der Waals surface area contributed by atoms with E-state index in [0.29, 0.717) is 0 Å². The highest BCUT2D eigenvalue weighted by Crippen LogP contribution is 2.05. The number of hydrogen-bond acceptors (Lipinski definition) is 1. The first-order valence-corrected chi connectivity index (χ1v) is 6.10. The number of hydrogen-bond donors (Lipinski definition) is 0. The van der Waals surface area contributed by atoms with Crippen molar-refractivity contribution in [1.29, 1.82) is 0 Å². The van der Waals surface area contributed by atoms with Gasteiger partial charge in [-0.3, -0.25) is 0 Å². The average Bonchev–Trinajstić information content (AvgIpc) is 2.77. The molecule has 0 spiro atoms. The van der Waals surface area contributed by atoms with E-state index in [4.69, 9.17) is 0 Å². The molecule has 0 aromatic carbocycles. The Bertz CT molecular complexity index is 295. The van der Waals surface area contributed by atoms with E-state index in [9.17, 15) is 0 Å². The van der Waals surface area contributed by atoms with Crippen molar-refractivity contribution in [2.24, 2.45) is 0 Å². The van der Waals surface area contributed by atoms with Gasteiger partial charge < -0.3 is 4.57 Å². The zero-order valence-electron chi connectivity index (χ0n) is 11.6. The van der Waals surface area contributed by atoms with Gasteiger partial charge in [0.25, 0.3) is 0 Å². The molecular weight excluding hydrogens is 196 g/mol. The van der Waals surface area contributed by atoms with E-state index >= 15 is 0 Å². The summed E-state index contributed by atoms with van der Waals surface area (Å²) in [7, 11) is 0. The number of rotatable bonds is 3. The van der Waals surface area contributed by atoms with E-state index in [1.54, 1.807) is 6.20 Å². The standard InChI is InChI=1S/C10H14N2.2C2H6/c1-4-10(5-2)8-12-7-6-11-9(12)3;2*1-2/h4,6-8H,1,5H2,2-3H3;2*1-2H3/b10-8+;;. The molecule has 0 fully saturated rings. The normalized spacial score (nSPS) is 9.50. The molecule has 0 aliphatic heterocycles. The molecule has 0 bridgehead atoms. The molecule has 0 aliphatic rings. The SMILES string of the molecule is C=C/C(=C\n1ccnc1C)CC.CC.CC. The topological polar surface area (TPSA) is 17.8 Å². The van der Waals surface area contributed by atoms with Crippen LogP contribution in [0.4, 0.5) is 0 Å². The predicted octanol–water partition coefficient (Wildman–Crippen LogP) is 4.68. The first kappa shape index (κ1) is 17.1. The second-order valence-electron chi connectivity index (χ2n) is 2.64. The van der Waals surface area contributed by atoms with Crippen LogP contribution in [0.25, 0.3) is 6.20 Å². The number of allylic oxidation sites excluding steroid dienone is 2. The molecule has 92 valence electrons. The largest absolute Gasteiger partial charge is 0.311 e. The fourth-order valence-electron chi connectivity index (χ4n) is 0.991. The zero-order valence-corrected chi connectivity index (χ0v) is 11.6. The van der Waals surface area contributed by atoms with Crippen LogP contribution in [0.1, 0.15) is 46.9 Å². The Kier molecular flexibility index (Phi) is 12.6. The zero-order chi connectivity index (χ0) is 13.0. The van der Waals surface area contributed by atoms with Crippen molar-refractivity contribution in [3.63, 3.8) is 0 Å². The van der Waals surface area contributed by atoms with Gasteiger partial charge in [0.15, 0.2) is 0 Å². The van der Waals surface area contributed by atoms with Crippen molar-refractivity contribution in [2.45, 2.75) is 48.0 Å². The predicted molar refractivity (Wildman–Crippen MR) is 74.4 cm³/mol. The Morgan fingerprint density at radius 3 is 2.25 bits per heavy atom. The number of aryl methyl sites for hydroxylation is 1. The summed E-state index contributed by atoms with van der Waals surface area (Å²) in [5.74, 6) is 1.00. The number of aromatic nitrogens is 2. The molecule has 0 saturated carbocycles. The highest BCUT2D eigenvalue weighted by atomic mass is 15.0. The monoisotopic (exact) mass is 222 g/mol. The Hall–Kier alpha value is -1.31. The molecule has 0 unspecified atom stereocenters. The molecule has 0 atom stereocenters. The van der Waals surface area contributed by atoms with Crippen molar-refractivity contribution in [3.05, 3.63) is 36.4 Å². The average molecular weight is 222 g/mol. The van der Waals surface area contributed by atoms with E-state index in [-0.39, 0.29) is 0 Å². The summed E-state index contributed by atoms with van der Waals surface area (Å²) in [6, 6.07) is 0. The van der Waals surface area contributed by atoms with Crippen LogP contribution in [-0.2, 0) is 0 Å². The maximum atomic E-state index is 4.12. The van der Waals surface area contributed by atoms with Gasteiger partial charge in [-0.1, -0.05) is 47.3 Å². The fraction of sp³-hybridized carbons (Fsp3) is 0.500. The van der Waals surface area contributed by atoms with E-state index in [1.165, 1.54) is 5.57 Å². The van der Waals surface area contributed by atoms with Crippen LogP contribution in [0.5, 0.6) is 0 Å². The lowest BCUT2D eigenvalue weighted by molar-refractivity contribution is 1.01. The molecule has 1 aromatic heterocycles. The summed E-state index contributed by atoms with van der Waals surface area (Å²) < 4.78 is 2.00. The number of imidazole rings is 1. The van der Waals surface area contributed by atoms with Gasteiger partial charge in [-0.05, 0) is 18.9 Å². The Labute approximate surface area is 101 Å².